The molecule has 0 radical (unpaired) electrons. The van der Waals surface area contributed by atoms with Crippen molar-refractivity contribution in [3.05, 3.63) is 0 Å². The summed E-state index contributed by atoms with van der Waals surface area (Å²) in [6.07, 6.45) is 0. The highest BCUT2D eigenvalue weighted by molar-refractivity contribution is 6.37. The molecular formula is C4H12BNO4. The zero-order chi connectivity index (χ0) is 7.98. The molecule has 0 spiro atoms. The standard InChI is InChI=1S/C4H12BNO4/c7-3-1-6(2-4-8)5(9)10/h7-10H,1-4H2. The molecule has 6 heteroatoms. The normalized spacial score (nSPS) is 10.5. The Balaban J connectivity index is 3.50. The Morgan fingerprint density at radius 1 is 1.00 bits per heavy atom. The molecule has 0 fully saturated rings. The lowest BCUT2D eigenvalue weighted by molar-refractivity contribution is 0.180. The lowest BCUT2D eigenvalue weighted by atomic mass is 10.1. The van der Waals surface area contributed by atoms with Crippen LogP contribution < -0.4 is 0 Å². The van der Waals surface area contributed by atoms with Crippen molar-refractivity contribution in [3.8, 4) is 0 Å². The van der Waals surface area contributed by atoms with Crippen LogP contribution in [0.15, 0.2) is 0 Å². The van der Waals surface area contributed by atoms with Crippen LogP contribution in [-0.4, -0.2) is 58.6 Å². The summed E-state index contributed by atoms with van der Waals surface area (Å²) < 4.78 is 0. The molecule has 4 N–H and O–H groups in total. The second kappa shape index (κ2) is 5.63. The predicted molar refractivity (Wildman–Crippen MR) is 35.9 cm³/mol. The van der Waals surface area contributed by atoms with Gasteiger partial charge in [-0.15, -0.1) is 0 Å². The summed E-state index contributed by atoms with van der Waals surface area (Å²) in [7, 11) is -1.60. The maximum absolute atomic E-state index is 8.53. The van der Waals surface area contributed by atoms with E-state index in [4.69, 9.17) is 20.3 Å². The van der Waals surface area contributed by atoms with Crippen molar-refractivity contribution in [3.63, 3.8) is 0 Å². The van der Waals surface area contributed by atoms with Crippen LogP contribution in [0, 0.1) is 0 Å². The van der Waals surface area contributed by atoms with Crippen LogP contribution >= 0.6 is 0 Å². The molecule has 60 valence electrons. The number of hydrogen-bond acceptors (Lipinski definition) is 5. The number of aliphatic hydroxyl groups excluding tert-OH is 2. The molecule has 5 nitrogen and oxygen atoms in total. The van der Waals surface area contributed by atoms with Crippen LogP contribution in [0.1, 0.15) is 0 Å². The third-order valence-corrected chi connectivity index (χ3v) is 1.10. The van der Waals surface area contributed by atoms with E-state index in [-0.39, 0.29) is 26.3 Å². The van der Waals surface area contributed by atoms with Gasteiger partial charge in [-0.3, -0.25) is 4.81 Å². The molecule has 0 bridgehead atoms. The summed E-state index contributed by atoms with van der Waals surface area (Å²) in [6.45, 7) is -0.00824. The van der Waals surface area contributed by atoms with Crippen molar-refractivity contribution in [1.29, 1.82) is 0 Å². The fourth-order valence-corrected chi connectivity index (χ4v) is 0.600. The van der Waals surface area contributed by atoms with E-state index >= 15 is 0 Å². The highest BCUT2D eigenvalue weighted by atomic mass is 16.4. The topological polar surface area (TPSA) is 84.2 Å². The van der Waals surface area contributed by atoms with Gasteiger partial charge in [-0.2, -0.15) is 0 Å². The van der Waals surface area contributed by atoms with Gasteiger partial charge in [0.15, 0.2) is 0 Å². The van der Waals surface area contributed by atoms with Gasteiger partial charge in [0, 0.05) is 13.1 Å². The molecule has 0 rings (SSSR count). The minimum atomic E-state index is -1.60. The van der Waals surface area contributed by atoms with Crippen molar-refractivity contribution in [2.45, 2.75) is 0 Å². The molecule has 0 unspecified atom stereocenters. The Bertz CT molecular complexity index is 75.7. The second-order valence-corrected chi connectivity index (χ2v) is 1.83. The Kier molecular flexibility index (Phi) is 5.56. The number of aliphatic hydroxyl groups is 2. The fraction of sp³-hybridized carbons (Fsp3) is 1.00. The van der Waals surface area contributed by atoms with Gasteiger partial charge < -0.3 is 20.3 Å². The molecule has 0 aromatic carbocycles. The van der Waals surface area contributed by atoms with E-state index in [0.717, 1.165) is 4.81 Å². The highest BCUT2D eigenvalue weighted by Crippen LogP contribution is 1.86. The average molecular weight is 149 g/mol. The van der Waals surface area contributed by atoms with Crippen molar-refractivity contribution < 1.29 is 20.3 Å². The van der Waals surface area contributed by atoms with Crippen LogP contribution in [0.5, 0.6) is 0 Å². The van der Waals surface area contributed by atoms with Crippen LogP contribution in [-0.2, 0) is 0 Å². The van der Waals surface area contributed by atoms with Gasteiger partial charge in [0.1, 0.15) is 0 Å². The molecule has 0 aromatic heterocycles. The summed E-state index contributed by atoms with van der Waals surface area (Å²) in [5, 5.41) is 33.8. The Hall–Kier alpha value is -0.135. The Labute approximate surface area is 59.7 Å². The van der Waals surface area contributed by atoms with Gasteiger partial charge in [0.2, 0.25) is 0 Å². The first-order chi connectivity index (χ1) is 4.72. The van der Waals surface area contributed by atoms with E-state index in [2.05, 4.69) is 0 Å². The van der Waals surface area contributed by atoms with E-state index in [1.807, 2.05) is 0 Å². The lowest BCUT2D eigenvalue weighted by Gasteiger charge is -2.17. The molecule has 0 saturated carbocycles. The summed E-state index contributed by atoms with van der Waals surface area (Å²) in [5.41, 5.74) is 0. The first kappa shape index (κ1) is 9.86. The summed E-state index contributed by atoms with van der Waals surface area (Å²) in [5.74, 6) is 0. The quantitative estimate of drug-likeness (QED) is 0.318. The third-order valence-electron chi connectivity index (χ3n) is 1.10. The molecule has 0 aliphatic carbocycles. The monoisotopic (exact) mass is 149 g/mol. The number of rotatable bonds is 5. The van der Waals surface area contributed by atoms with Crippen LogP contribution in [0.2, 0.25) is 0 Å². The number of hydrogen-bond donors (Lipinski definition) is 4. The van der Waals surface area contributed by atoms with E-state index in [9.17, 15) is 0 Å². The van der Waals surface area contributed by atoms with Crippen molar-refractivity contribution >= 4 is 7.25 Å². The number of nitrogens with zero attached hydrogens (tertiary/aromatic N) is 1. The SMILES string of the molecule is OCCN(CCO)B(O)O. The minimum absolute atomic E-state index is 0.151. The maximum atomic E-state index is 8.53. The fourth-order valence-electron chi connectivity index (χ4n) is 0.600. The molecule has 0 heterocycles. The van der Waals surface area contributed by atoms with Gasteiger partial charge in [0.25, 0.3) is 0 Å². The van der Waals surface area contributed by atoms with Crippen LogP contribution in [0.4, 0.5) is 0 Å². The van der Waals surface area contributed by atoms with Crippen molar-refractivity contribution in [2.24, 2.45) is 0 Å². The molecule has 0 aliphatic rings. The van der Waals surface area contributed by atoms with Gasteiger partial charge in [-0.25, -0.2) is 0 Å². The molecule has 0 atom stereocenters. The first-order valence-corrected chi connectivity index (χ1v) is 3.04. The Morgan fingerprint density at radius 3 is 1.60 bits per heavy atom. The van der Waals surface area contributed by atoms with Gasteiger partial charge >= 0.3 is 7.25 Å². The molecule has 0 amide bonds. The summed E-state index contributed by atoms with van der Waals surface area (Å²) >= 11 is 0. The van der Waals surface area contributed by atoms with Gasteiger partial charge in [0.05, 0.1) is 13.2 Å². The zero-order valence-corrected chi connectivity index (χ0v) is 5.64. The molecular weight excluding hydrogens is 137 g/mol. The maximum Gasteiger partial charge on any atom is 0.552 e. The van der Waals surface area contributed by atoms with Gasteiger partial charge in [-0.05, 0) is 0 Å². The van der Waals surface area contributed by atoms with Gasteiger partial charge in [-0.1, -0.05) is 0 Å². The average Bonchev–Trinajstić information content (AvgIpc) is 1.87. The minimum Gasteiger partial charge on any atom is -0.413 e. The van der Waals surface area contributed by atoms with Crippen molar-refractivity contribution in [1.82, 2.24) is 4.81 Å². The van der Waals surface area contributed by atoms with E-state index in [0.29, 0.717) is 0 Å². The van der Waals surface area contributed by atoms with E-state index < -0.39 is 7.25 Å². The molecule has 10 heavy (non-hydrogen) atoms. The Morgan fingerprint density at radius 2 is 1.40 bits per heavy atom. The zero-order valence-electron chi connectivity index (χ0n) is 5.64. The lowest BCUT2D eigenvalue weighted by Crippen LogP contribution is -2.43. The summed E-state index contributed by atoms with van der Waals surface area (Å²) in [6, 6.07) is 0. The van der Waals surface area contributed by atoms with E-state index in [1.54, 1.807) is 0 Å². The molecule has 0 saturated heterocycles. The van der Waals surface area contributed by atoms with Crippen LogP contribution in [0.3, 0.4) is 0 Å². The smallest absolute Gasteiger partial charge is 0.413 e. The highest BCUT2D eigenvalue weighted by Gasteiger charge is 2.17. The second-order valence-electron chi connectivity index (χ2n) is 1.83. The third kappa shape index (κ3) is 3.81. The van der Waals surface area contributed by atoms with Crippen molar-refractivity contribution in [2.75, 3.05) is 26.3 Å². The first-order valence-electron chi connectivity index (χ1n) is 3.04. The molecule has 0 aliphatic heterocycles. The van der Waals surface area contributed by atoms with E-state index in [1.165, 1.54) is 0 Å². The van der Waals surface area contributed by atoms with Crippen LogP contribution in [0.25, 0.3) is 0 Å². The molecule has 0 aromatic rings. The summed E-state index contributed by atoms with van der Waals surface area (Å²) in [4.78, 5) is 1.14. The predicted octanol–water partition coefficient (Wildman–Crippen LogP) is -2.76. The largest absolute Gasteiger partial charge is 0.552 e.